The van der Waals surface area contributed by atoms with Crippen LogP contribution in [0.4, 0.5) is 5.69 Å². The molecule has 1 heterocycles. The molecule has 42 heavy (non-hydrogen) atoms. The highest BCUT2D eigenvalue weighted by molar-refractivity contribution is 6.36. The van der Waals surface area contributed by atoms with Crippen LogP contribution in [-0.2, 0) is 30.6 Å². The lowest BCUT2D eigenvalue weighted by molar-refractivity contribution is -0.146. The normalized spacial score (nSPS) is 26.0. The van der Waals surface area contributed by atoms with E-state index in [1.165, 1.54) is 0 Å². The largest absolute Gasteiger partial charge is 0.324 e. The zero-order valence-corrected chi connectivity index (χ0v) is 24.8. The van der Waals surface area contributed by atoms with Gasteiger partial charge < -0.3 is 5.32 Å². The third kappa shape index (κ3) is 3.67. The fourth-order valence-electron chi connectivity index (χ4n) is 7.08. The Kier molecular flexibility index (Phi) is 6.28. The fraction of sp³-hybridized carbons (Fsp3) is 0.206. The first-order valence-electron chi connectivity index (χ1n) is 13.7. The van der Waals surface area contributed by atoms with E-state index in [9.17, 15) is 14.4 Å². The molecule has 0 aromatic heterocycles. The van der Waals surface area contributed by atoms with Crippen LogP contribution in [-0.4, -0.2) is 28.7 Å². The highest BCUT2D eigenvalue weighted by Gasteiger charge is 2.73. The lowest BCUT2D eigenvalue weighted by Crippen LogP contribution is -2.57. The number of benzene rings is 4. The quantitative estimate of drug-likeness (QED) is 0.199. The van der Waals surface area contributed by atoms with Crippen molar-refractivity contribution in [1.29, 1.82) is 0 Å². The van der Waals surface area contributed by atoms with Gasteiger partial charge in [-0.25, -0.2) is 0 Å². The number of anilines is 1. The first-order valence-corrected chi connectivity index (χ1v) is 14.9. The molecule has 1 N–H and O–H groups in total. The predicted molar refractivity (Wildman–Crippen MR) is 164 cm³/mol. The van der Waals surface area contributed by atoms with E-state index >= 15 is 0 Å². The number of likely N-dealkylation sites (tertiary alicyclic amines) is 1. The third-order valence-electron chi connectivity index (χ3n) is 8.96. The number of rotatable bonds is 5. The van der Waals surface area contributed by atoms with Crippen LogP contribution in [0, 0.1) is 18.8 Å². The van der Waals surface area contributed by atoms with Crippen molar-refractivity contribution in [2.75, 3.05) is 5.32 Å². The fourth-order valence-corrected chi connectivity index (χ4v) is 8.35. The molecule has 0 saturated carbocycles. The van der Waals surface area contributed by atoms with Gasteiger partial charge in [-0.15, -0.1) is 23.2 Å². The second kappa shape index (κ2) is 9.70. The summed E-state index contributed by atoms with van der Waals surface area (Å²) in [5.74, 6) is -3.50. The van der Waals surface area contributed by atoms with Gasteiger partial charge in [0.1, 0.15) is 15.8 Å². The number of imide groups is 1. The highest BCUT2D eigenvalue weighted by atomic mass is 35.5. The lowest BCUT2D eigenvalue weighted by Gasteiger charge is -2.54. The van der Waals surface area contributed by atoms with Gasteiger partial charge in [0.15, 0.2) is 0 Å². The molecular weight excluding hydrogens is 591 g/mol. The van der Waals surface area contributed by atoms with Gasteiger partial charge in [0.2, 0.25) is 17.7 Å². The van der Waals surface area contributed by atoms with Gasteiger partial charge in [-0.05, 0) is 52.4 Å². The second-order valence-electron chi connectivity index (χ2n) is 11.2. The van der Waals surface area contributed by atoms with Crippen LogP contribution < -0.4 is 5.32 Å². The van der Waals surface area contributed by atoms with Crippen LogP contribution in [0.25, 0.3) is 0 Å². The van der Waals surface area contributed by atoms with E-state index in [-0.39, 0.29) is 6.42 Å². The zero-order valence-electron chi connectivity index (χ0n) is 22.5. The summed E-state index contributed by atoms with van der Waals surface area (Å²) in [5, 5.41) is 3.38. The summed E-state index contributed by atoms with van der Waals surface area (Å²) in [7, 11) is 0. The number of nitrogens with one attached hydrogen (secondary N) is 1. The molecule has 1 aliphatic heterocycles. The molecule has 4 aromatic rings. The van der Waals surface area contributed by atoms with Crippen LogP contribution in [0.2, 0.25) is 5.02 Å². The van der Waals surface area contributed by atoms with Crippen molar-refractivity contribution in [2.24, 2.45) is 11.8 Å². The molecule has 8 heteroatoms. The molecule has 210 valence electrons. The molecule has 5 nitrogen and oxygen atoms in total. The molecule has 3 aliphatic carbocycles. The average Bonchev–Trinajstić information content (AvgIpc) is 3.27. The number of nitrogens with zero attached hydrogens (tertiary/aromatic N) is 1. The molecule has 3 atom stereocenters. The second-order valence-corrected chi connectivity index (χ2v) is 12.8. The maximum Gasteiger partial charge on any atom is 0.248 e. The van der Waals surface area contributed by atoms with Crippen molar-refractivity contribution in [3.8, 4) is 0 Å². The number of carbonyl (C=O) groups excluding carboxylic acids is 3. The summed E-state index contributed by atoms with van der Waals surface area (Å²) < 4.78 is 0. The third-order valence-corrected chi connectivity index (χ3v) is 10.5. The van der Waals surface area contributed by atoms with Crippen LogP contribution in [0.3, 0.4) is 0 Å². The minimum atomic E-state index is -1.33. The Morgan fingerprint density at radius 1 is 0.786 bits per heavy atom. The number of hydrogen-bond acceptors (Lipinski definition) is 3. The van der Waals surface area contributed by atoms with Crippen molar-refractivity contribution < 1.29 is 14.4 Å². The topological polar surface area (TPSA) is 66.5 Å². The van der Waals surface area contributed by atoms with Crippen molar-refractivity contribution in [1.82, 2.24) is 4.90 Å². The number of alkyl halides is 2. The molecule has 0 unspecified atom stereocenters. The first-order chi connectivity index (χ1) is 20.2. The number of aryl methyl sites for hydroxylation is 1. The van der Waals surface area contributed by atoms with E-state index < -0.39 is 45.3 Å². The Labute approximate surface area is 258 Å². The summed E-state index contributed by atoms with van der Waals surface area (Å²) in [6, 6.07) is 28.3. The molecule has 3 amide bonds. The maximum absolute atomic E-state index is 14.6. The van der Waals surface area contributed by atoms with Crippen molar-refractivity contribution >= 4 is 58.2 Å². The molecule has 4 aliphatic rings. The zero-order chi connectivity index (χ0) is 29.4. The van der Waals surface area contributed by atoms with Crippen LogP contribution >= 0.6 is 34.8 Å². The highest BCUT2D eigenvalue weighted by Crippen LogP contribution is 2.69. The standard InChI is InChI=1S/C34H25Cl3N2O3/c1-19-15-16-21(35)18-26(19)38-30(40)27(17-20-9-3-2-4-10-20)39-31(41)28-29(32(39)42)34(37)23-12-6-5-11-22(23)33(28,36)24-13-7-8-14-25(24)34/h2-16,18,27-29H,17H2,1H3,(H,38,40)/t27-,28-,29+,33?,34?/m0/s1. The summed E-state index contributed by atoms with van der Waals surface area (Å²) in [5.41, 5.74) is 4.94. The van der Waals surface area contributed by atoms with Crippen molar-refractivity contribution in [2.45, 2.75) is 29.1 Å². The average molecular weight is 616 g/mol. The van der Waals surface area contributed by atoms with Crippen LogP contribution in [0.15, 0.2) is 97.1 Å². The van der Waals surface area contributed by atoms with Crippen LogP contribution in [0.5, 0.6) is 0 Å². The smallest absolute Gasteiger partial charge is 0.248 e. The minimum Gasteiger partial charge on any atom is -0.324 e. The Bertz CT molecular complexity index is 1670. The predicted octanol–water partition coefficient (Wildman–Crippen LogP) is 6.79. The Hall–Kier alpha value is -3.64. The van der Waals surface area contributed by atoms with Gasteiger partial charge in [-0.3, -0.25) is 19.3 Å². The van der Waals surface area contributed by atoms with Crippen LogP contribution in [0.1, 0.15) is 33.4 Å². The molecular formula is C34H25Cl3N2O3. The van der Waals surface area contributed by atoms with E-state index in [0.717, 1.165) is 16.0 Å². The van der Waals surface area contributed by atoms with E-state index in [1.807, 2.05) is 85.8 Å². The van der Waals surface area contributed by atoms with Crippen molar-refractivity contribution in [3.63, 3.8) is 0 Å². The monoisotopic (exact) mass is 614 g/mol. The Morgan fingerprint density at radius 3 is 1.76 bits per heavy atom. The molecule has 1 saturated heterocycles. The van der Waals surface area contributed by atoms with Gasteiger partial charge in [0, 0.05) is 17.1 Å². The van der Waals surface area contributed by atoms with Crippen molar-refractivity contribution in [3.05, 3.63) is 135 Å². The van der Waals surface area contributed by atoms with Gasteiger partial charge in [0.05, 0.1) is 11.8 Å². The first kappa shape index (κ1) is 27.2. The Morgan fingerprint density at radius 2 is 1.26 bits per heavy atom. The van der Waals surface area contributed by atoms with E-state index in [2.05, 4.69) is 5.32 Å². The SMILES string of the molecule is Cc1ccc(Cl)cc1NC(=O)[C@H](Cc1ccccc1)N1C(=O)[C@@H]2[C@H](C1=O)C1(Cl)c3ccccc3C2(Cl)c2ccccc21. The Balaban J connectivity index is 1.37. The molecule has 8 rings (SSSR count). The molecule has 0 radical (unpaired) electrons. The molecule has 0 spiro atoms. The van der Waals surface area contributed by atoms with E-state index in [1.54, 1.807) is 18.2 Å². The van der Waals surface area contributed by atoms with Gasteiger partial charge in [-0.2, -0.15) is 0 Å². The number of halogens is 3. The molecule has 2 bridgehead atoms. The van der Waals surface area contributed by atoms with E-state index in [0.29, 0.717) is 33.0 Å². The van der Waals surface area contributed by atoms with E-state index in [4.69, 9.17) is 34.8 Å². The van der Waals surface area contributed by atoms with Gasteiger partial charge in [-0.1, -0.05) is 96.5 Å². The lowest BCUT2D eigenvalue weighted by atomic mass is 9.54. The number of hydrogen-bond donors (Lipinski definition) is 1. The van der Waals surface area contributed by atoms with Gasteiger partial charge in [0.25, 0.3) is 0 Å². The number of carbonyl (C=O) groups is 3. The summed E-state index contributed by atoms with van der Waals surface area (Å²) in [6.45, 7) is 1.85. The summed E-state index contributed by atoms with van der Waals surface area (Å²) in [6.07, 6.45) is 0.119. The molecule has 4 aromatic carbocycles. The summed E-state index contributed by atoms with van der Waals surface area (Å²) >= 11 is 21.4. The van der Waals surface area contributed by atoms with Gasteiger partial charge >= 0.3 is 0 Å². The summed E-state index contributed by atoms with van der Waals surface area (Å²) in [4.78, 5) is 41.7. The number of amides is 3. The maximum atomic E-state index is 14.6. The minimum absolute atomic E-state index is 0.119. The molecule has 1 fully saturated rings.